The molecule has 1 amide bonds. The van der Waals surface area contributed by atoms with Crippen molar-refractivity contribution in [3.8, 4) is 11.6 Å². The molecule has 0 saturated heterocycles. The van der Waals surface area contributed by atoms with E-state index in [2.05, 4.69) is 20.0 Å². The fourth-order valence-corrected chi connectivity index (χ4v) is 4.37. The lowest BCUT2D eigenvalue weighted by Gasteiger charge is -2.17. The number of aromatic nitrogens is 2. The Kier molecular flexibility index (Phi) is 7.02. The van der Waals surface area contributed by atoms with E-state index in [0.29, 0.717) is 17.3 Å². The van der Waals surface area contributed by atoms with Crippen LogP contribution in [0.15, 0.2) is 47.5 Å². The molecule has 3 rings (SSSR count). The van der Waals surface area contributed by atoms with Crippen LogP contribution in [0, 0.1) is 27.7 Å². The third-order valence-corrected chi connectivity index (χ3v) is 5.94. The molecular formula is C24H34N4O4S. The van der Waals surface area contributed by atoms with Gasteiger partial charge in [-0.1, -0.05) is 23.8 Å². The summed E-state index contributed by atoms with van der Waals surface area (Å²) in [6, 6.07) is 11.7. The molecule has 2 heterocycles. The summed E-state index contributed by atoms with van der Waals surface area (Å²) in [7, 11) is -4.18. The predicted molar refractivity (Wildman–Crippen MR) is 134 cm³/mol. The van der Waals surface area contributed by atoms with Gasteiger partial charge in [-0.15, -0.1) is 0 Å². The summed E-state index contributed by atoms with van der Waals surface area (Å²) < 4.78 is 33.6. The molecule has 0 bridgehead atoms. The van der Waals surface area contributed by atoms with Crippen LogP contribution in [-0.2, 0) is 10.0 Å². The van der Waals surface area contributed by atoms with Crippen molar-refractivity contribution in [3.63, 3.8) is 0 Å². The molecule has 0 atom stereocenters. The zero-order chi connectivity index (χ0) is 24.3. The van der Waals surface area contributed by atoms with Gasteiger partial charge in [-0.3, -0.25) is 4.79 Å². The number of anilines is 1. The highest BCUT2D eigenvalue weighted by atomic mass is 32.2. The van der Waals surface area contributed by atoms with E-state index in [-0.39, 0.29) is 26.8 Å². The van der Waals surface area contributed by atoms with Gasteiger partial charge in [0, 0.05) is 16.0 Å². The Hall–Kier alpha value is -3.46. The second kappa shape index (κ2) is 9.58. The van der Waals surface area contributed by atoms with Crippen LogP contribution in [0.3, 0.4) is 0 Å². The number of ether oxygens (including phenoxy) is 1. The quantitative estimate of drug-likeness (QED) is 0.485. The van der Waals surface area contributed by atoms with Gasteiger partial charge < -0.3 is 10.1 Å². The van der Waals surface area contributed by atoms with Gasteiger partial charge in [0.05, 0.1) is 0 Å². The lowest BCUT2D eigenvalue weighted by molar-refractivity contribution is 0.0978. The number of nitrogens with zero attached hydrogens (tertiary/aromatic N) is 2. The van der Waals surface area contributed by atoms with Crippen LogP contribution >= 0.6 is 0 Å². The molecule has 9 heteroatoms. The first kappa shape index (κ1) is 24.2. The highest BCUT2D eigenvalue weighted by Crippen LogP contribution is 2.31. The maximum Gasteiger partial charge on any atom is 0.281 e. The Labute approximate surface area is 198 Å². The Bertz CT molecular complexity index is 1300. The molecule has 0 fully saturated rings. The molecule has 0 saturated carbocycles. The van der Waals surface area contributed by atoms with E-state index in [4.69, 9.17) is 4.74 Å². The van der Waals surface area contributed by atoms with Gasteiger partial charge in [0.2, 0.25) is 5.88 Å². The minimum absolute atomic E-state index is 0. The second-order valence-corrected chi connectivity index (χ2v) is 9.86. The molecule has 2 N–H and O–H groups in total. The third-order valence-electron chi connectivity index (χ3n) is 4.71. The minimum atomic E-state index is -4.18. The maximum absolute atomic E-state index is 13.0. The van der Waals surface area contributed by atoms with Gasteiger partial charge in [0.25, 0.3) is 15.9 Å². The number of nitrogens with one attached hydrogen (secondary N) is 2. The van der Waals surface area contributed by atoms with Gasteiger partial charge in [-0.2, -0.15) is 13.4 Å². The van der Waals surface area contributed by atoms with Crippen molar-refractivity contribution >= 4 is 21.7 Å². The van der Waals surface area contributed by atoms with E-state index < -0.39 is 15.9 Å². The molecule has 0 spiro atoms. The number of rotatable bonds is 7. The summed E-state index contributed by atoms with van der Waals surface area (Å²) in [6.45, 7) is 11.4. The first-order chi connectivity index (χ1) is 15.5. The van der Waals surface area contributed by atoms with Crippen molar-refractivity contribution in [3.05, 3.63) is 70.4 Å². The fourth-order valence-electron chi connectivity index (χ4n) is 3.39. The molecular weight excluding hydrogens is 440 g/mol. The van der Waals surface area contributed by atoms with Gasteiger partial charge in [0.15, 0.2) is 5.03 Å². The largest absolute Gasteiger partial charge is 0.438 e. The topological polar surface area (TPSA) is 110 Å². The van der Waals surface area contributed by atoms with Crippen LogP contribution in [0.1, 0.15) is 50.9 Å². The SMILES string of the molecule is Cc1cc(C)c(Oc2nc(NC(C)C)ccc2C(=O)NS(=O)(=O)c2cccc(C)n2)c(C)c1.[HH].[HH].[HH]. The Morgan fingerprint density at radius 2 is 1.67 bits per heavy atom. The number of hydrogen-bond acceptors (Lipinski definition) is 7. The van der Waals surface area contributed by atoms with Crippen LogP contribution in [-0.4, -0.2) is 30.3 Å². The summed E-state index contributed by atoms with van der Waals surface area (Å²) in [6.07, 6.45) is 0. The standard InChI is InChI=1S/C24H28N4O4S.3H2/c1-14(2)25-20-11-10-19(23(29)28-33(30,31)21-9-7-8-18(6)26-21)24(27-20)32-22-16(4)12-15(3)13-17(22)5;;;/h7-14H,1-6H3,(H,25,27)(H,28,29);3*1H. The third kappa shape index (κ3) is 5.87. The van der Waals surface area contributed by atoms with Crippen LogP contribution in [0.25, 0.3) is 0 Å². The summed E-state index contributed by atoms with van der Waals surface area (Å²) in [5, 5.41) is 2.92. The van der Waals surface area contributed by atoms with Crippen molar-refractivity contribution in [1.29, 1.82) is 0 Å². The number of benzene rings is 1. The van der Waals surface area contributed by atoms with Gasteiger partial charge in [-0.05, 0) is 76.9 Å². The number of carbonyl (C=O) groups is 1. The lowest BCUT2D eigenvalue weighted by Crippen LogP contribution is -2.31. The van der Waals surface area contributed by atoms with Crippen LogP contribution < -0.4 is 14.8 Å². The van der Waals surface area contributed by atoms with E-state index in [0.717, 1.165) is 16.7 Å². The van der Waals surface area contributed by atoms with Crippen molar-refractivity contribution in [2.45, 2.75) is 52.6 Å². The van der Waals surface area contributed by atoms with Gasteiger partial charge in [-0.25, -0.2) is 9.71 Å². The number of pyridine rings is 2. The highest BCUT2D eigenvalue weighted by Gasteiger charge is 2.24. The van der Waals surface area contributed by atoms with E-state index in [1.54, 1.807) is 25.1 Å². The normalized spacial score (nSPS) is 11.4. The molecule has 1 aromatic carbocycles. The van der Waals surface area contributed by atoms with Crippen LogP contribution in [0.2, 0.25) is 0 Å². The van der Waals surface area contributed by atoms with Crippen molar-refractivity contribution in [2.24, 2.45) is 0 Å². The molecule has 8 nitrogen and oxygen atoms in total. The van der Waals surface area contributed by atoms with Crippen LogP contribution in [0.4, 0.5) is 5.82 Å². The fraction of sp³-hybridized carbons (Fsp3) is 0.292. The Balaban J connectivity index is 0.00000408. The molecule has 3 aromatic rings. The minimum Gasteiger partial charge on any atom is -0.438 e. The molecule has 0 aliphatic carbocycles. The van der Waals surface area contributed by atoms with E-state index >= 15 is 0 Å². The predicted octanol–water partition coefficient (Wildman–Crippen LogP) is 5.18. The van der Waals surface area contributed by atoms with Gasteiger partial charge in [0.1, 0.15) is 17.1 Å². The molecule has 0 radical (unpaired) electrons. The summed E-state index contributed by atoms with van der Waals surface area (Å²) in [5.41, 5.74) is 3.33. The molecule has 180 valence electrons. The van der Waals surface area contributed by atoms with Gasteiger partial charge >= 0.3 is 0 Å². The second-order valence-electron chi connectivity index (χ2n) is 8.23. The smallest absolute Gasteiger partial charge is 0.281 e. The number of sulfonamides is 1. The summed E-state index contributed by atoms with van der Waals surface area (Å²) >= 11 is 0. The summed E-state index contributed by atoms with van der Waals surface area (Å²) in [5.74, 6) is 0.203. The average Bonchev–Trinajstić information content (AvgIpc) is 2.70. The average molecular weight is 475 g/mol. The zero-order valence-electron chi connectivity index (χ0n) is 19.6. The molecule has 0 aliphatic rings. The van der Waals surface area contributed by atoms with E-state index in [1.165, 1.54) is 12.1 Å². The van der Waals surface area contributed by atoms with Crippen molar-refractivity contribution in [1.82, 2.24) is 14.7 Å². The van der Waals surface area contributed by atoms with Crippen molar-refractivity contribution < 1.29 is 22.2 Å². The summed E-state index contributed by atoms with van der Waals surface area (Å²) in [4.78, 5) is 21.5. The molecule has 33 heavy (non-hydrogen) atoms. The number of amides is 1. The lowest BCUT2D eigenvalue weighted by atomic mass is 10.1. The first-order valence-corrected chi connectivity index (χ1v) is 12.0. The number of carbonyl (C=O) groups excluding carboxylic acids is 1. The number of hydrogen-bond donors (Lipinski definition) is 2. The van der Waals surface area contributed by atoms with Crippen molar-refractivity contribution in [2.75, 3.05) is 5.32 Å². The maximum atomic E-state index is 13.0. The number of aryl methyl sites for hydroxylation is 4. The monoisotopic (exact) mass is 474 g/mol. The first-order valence-electron chi connectivity index (χ1n) is 10.5. The molecule has 2 aromatic heterocycles. The van der Waals surface area contributed by atoms with E-state index in [9.17, 15) is 13.2 Å². The van der Waals surface area contributed by atoms with E-state index in [1.807, 2.05) is 46.8 Å². The Morgan fingerprint density at radius 3 is 2.27 bits per heavy atom. The highest BCUT2D eigenvalue weighted by molar-refractivity contribution is 7.90. The molecule has 0 unspecified atom stereocenters. The zero-order valence-corrected chi connectivity index (χ0v) is 20.4. The Morgan fingerprint density at radius 1 is 1.00 bits per heavy atom. The molecule has 0 aliphatic heterocycles. The van der Waals surface area contributed by atoms with Crippen LogP contribution in [0.5, 0.6) is 11.6 Å².